The van der Waals surface area contributed by atoms with Gasteiger partial charge in [-0.2, -0.15) is 5.26 Å². The van der Waals surface area contributed by atoms with Crippen molar-refractivity contribution in [2.75, 3.05) is 31.6 Å². The quantitative estimate of drug-likeness (QED) is 0.787. The van der Waals surface area contributed by atoms with Gasteiger partial charge in [0.15, 0.2) is 0 Å². The Morgan fingerprint density at radius 2 is 2.20 bits per heavy atom. The summed E-state index contributed by atoms with van der Waals surface area (Å²) in [4.78, 5) is 13.9. The lowest BCUT2D eigenvalue weighted by molar-refractivity contribution is -0.117. The predicted molar refractivity (Wildman–Crippen MR) is 75.3 cm³/mol. The van der Waals surface area contributed by atoms with Gasteiger partial charge in [0, 0.05) is 18.7 Å². The highest BCUT2D eigenvalue weighted by molar-refractivity contribution is 5.92. The van der Waals surface area contributed by atoms with E-state index >= 15 is 0 Å². The SMILES string of the molecule is CCN(CCCO)CC(=O)Nc1oc(C)c(C)c1C#N. The molecule has 2 N–H and O–H groups in total. The summed E-state index contributed by atoms with van der Waals surface area (Å²) >= 11 is 0. The second kappa shape index (κ2) is 7.68. The summed E-state index contributed by atoms with van der Waals surface area (Å²) < 4.78 is 5.39. The number of hydrogen-bond donors (Lipinski definition) is 2. The zero-order valence-corrected chi connectivity index (χ0v) is 12.2. The minimum absolute atomic E-state index is 0.104. The number of anilines is 1. The molecule has 0 atom stereocenters. The van der Waals surface area contributed by atoms with Gasteiger partial charge in [-0.3, -0.25) is 15.0 Å². The molecule has 1 amide bonds. The zero-order chi connectivity index (χ0) is 15.1. The summed E-state index contributed by atoms with van der Waals surface area (Å²) in [6.45, 7) is 7.18. The third kappa shape index (κ3) is 4.08. The van der Waals surface area contributed by atoms with E-state index in [0.717, 1.165) is 12.1 Å². The molecule has 0 fully saturated rings. The van der Waals surface area contributed by atoms with E-state index < -0.39 is 0 Å². The Morgan fingerprint density at radius 3 is 2.75 bits per heavy atom. The van der Waals surface area contributed by atoms with Crippen LogP contribution in [0.2, 0.25) is 0 Å². The summed E-state index contributed by atoms with van der Waals surface area (Å²) in [5.41, 5.74) is 1.12. The number of carbonyl (C=O) groups excluding carboxylic acids is 1. The minimum atomic E-state index is -0.227. The van der Waals surface area contributed by atoms with E-state index in [2.05, 4.69) is 5.32 Å². The minimum Gasteiger partial charge on any atom is -0.444 e. The van der Waals surface area contributed by atoms with Crippen molar-refractivity contribution in [1.82, 2.24) is 4.90 Å². The number of aryl methyl sites for hydroxylation is 1. The first-order valence-electron chi connectivity index (χ1n) is 6.66. The van der Waals surface area contributed by atoms with Crippen LogP contribution in [-0.2, 0) is 4.79 Å². The number of likely N-dealkylation sites (N-methyl/N-ethyl adjacent to an activating group) is 1. The van der Waals surface area contributed by atoms with Crippen LogP contribution < -0.4 is 5.32 Å². The van der Waals surface area contributed by atoms with Gasteiger partial charge in [-0.05, 0) is 26.8 Å². The van der Waals surface area contributed by atoms with E-state index in [1.807, 2.05) is 17.9 Å². The summed E-state index contributed by atoms with van der Waals surface area (Å²) in [5.74, 6) is 0.616. The Morgan fingerprint density at radius 1 is 1.50 bits per heavy atom. The standard InChI is InChI=1S/C14H21N3O3/c1-4-17(6-5-7-18)9-13(19)16-14-12(8-15)10(2)11(3)20-14/h18H,4-7,9H2,1-3H3,(H,16,19). The van der Waals surface area contributed by atoms with Crippen LogP contribution in [0.15, 0.2) is 4.42 Å². The number of furan rings is 1. The summed E-state index contributed by atoms with van der Waals surface area (Å²) in [6.07, 6.45) is 0.629. The van der Waals surface area contributed by atoms with Gasteiger partial charge in [0.1, 0.15) is 17.4 Å². The van der Waals surface area contributed by atoms with Crippen molar-refractivity contribution in [2.24, 2.45) is 0 Å². The van der Waals surface area contributed by atoms with Crippen molar-refractivity contribution in [2.45, 2.75) is 27.2 Å². The Hall–Kier alpha value is -1.84. The van der Waals surface area contributed by atoms with Crippen LogP contribution in [0.5, 0.6) is 0 Å². The highest BCUT2D eigenvalue weighted by Crippen LogP contribution is 2.25. The zero-order valence-electron chi connectivity index (χ0n) is 12.2. The van der Waals surface area contributed by atoms with Crippen LogP contribution in [0.3, 0.4) is 0 Å². The summed E-state index contributed by atoms with van der Waals surface area (Å²) in [7, 11) is 0. The number of amides is 1. The van der Waals surface area contributed by atoms with Crippen molar-refractivity contribution in [3.05, 3.63) is 16.9 Å². The molecule has 0 bridgehead atoms. The number of aliphatic hydroxyl groups is 1. The summed E-state index contributed by atoms with van der Waals surface area (Å²) in [6, 6.07) is 2.04. The molecule has 1 rings (SSSR count). The van der Waals surface area contributed by atoms with E-state index in [1.165, 1.54) is 0 Å². The van der Waals surface area contributed by atoms with Gasteiger partial charge in [0.2, 0.25) is 11.8 Å². The van der Waals surface area contributed by atoms with Crippen molar-refractivity contribution < 1.29 is 14.3 Å². The fourth-order valence-electron chi connectivity index (χ4n) is 1.86. The molecule has 0 spiro atoms. The van der Waals surface area contributed by atoms with Crippen molar-refractivity contribution in [3.63, 3.8) is 0 Å². The Labute approximate surface area is 119 Å². The Balaban J connectivity index is 2.67. The highest BCUT2D eigenvalue weighted by Gasteiger charge is 2.17. The molecule has 0 saturated heterocycles. The predicted octanol–water partition coefficient (Wildman–Crippen LogP) is 1.41. The third-order valence-corrected chi connectivity index (χ3v) is 3.20. The number of nitrogens with zero attached hydrogens (tertiary/aromatic N) is 2. The topological polar surface area (TPSA) is 89.5 Å². The highest BCUT2D eigenvalue weighted by atomic mass is 16.4. The first-order chi connectivity index (χ1) is 9.53. The lowest BCUT2D eigenvalue weighted by Crippen LogP contribution is -2.34. The average Bonchev–Trinajstić information content (AvgIpc) is 2.69. The normalized spacial score (nSPS) is 10.6. The second-order valence-corrected chi connectivity index (χ2v) is 4.59. The number of nitrogens with one attached hydrogen (secondary N) is 1. The molecule has 6 nitrogen and oxygen atoms in total. The molecule has 110 valence electrons. The van der Waals surface area contributed by atoms with E-state index in [9.17, 15) is 4.79 Å². The lowest BCUT2D eigenvalue weighted by atomic mass is 10.2. The van der Waals surface area contributed by atoms with Crippen LogP contribution in [0.4, 0.5) is 5.88 Å². The van der Waals surface area contributed by atoms with Gasteiger partial charge in [-0.15, -0.1) is 0 Å². The van der Waals surface area contributed by atoms with Crippen LogP contribution in [0, 0.1) is 25.2 Å². The molecule has 0 aliphatic rings. The molecule has 1 aromatic rings. The first kappa shape index (κ1) is 16.2. The Bertz CT molecular complexity index is 502. The largest absolute Gasteiger partial charge is 0.444 e. The number of nitriles is 1. The van der Waals surface area contributed by atoms with Crippen LogP contribution in [0.1, 0.15) is 30.2 Å². The van der Waals surface area contributed by atoms with E-state index in [0.29, 0.717) is 24.3 Å². The molecule has 1 aromatic heterocycles. The lowest BCUT2D eigenvalue weighted by Gasteiger charge is -2.18. The maximum absolute atomic E-state index is 11.9. The third-order valence-electron chi connectivity index (χ3n) is 3.20. The monoisotopic (exact) mass is 279 g/mol. The average molecular weight is 279 g/mol. The number of carbonyl (C=O) groups is 1. The smallest absolute Gasteiger partial charge is 0.240 e. The summed E-state index contributed by atoms with van der Waals surface area (Å²) in [5, 5.41) is 20.5. The van der Waals surface area contributed by atoms with Crippen LogP contribution in [0.25, 0.3) is 0 Å². The first-order valence-corrected chi connectivity index (χ1v) is 6.66. The number of aliphatic hydroxyl groups excluding tert-OH is 1. The Kier molecular flexibility index (Phi) is 6.22. The van der Waals surface area contributed by atoms with Gasteiger partial charge < -0.3 is 9.52 Å². The van der Waals surface area contributed by atoms with Crippen LogP contribution in [-0.4, -0.2) is 42.2 Å². The van der Waals surface area contributed by atoms with Gasteiger partial charge in [0.05, 0.1) is 6.54 Å². The van der Waals surface area contributed by atoms with Gasteiger partial charge in [0.25, 0.3) is 0 Å². The molecule has 1 heterocycles. The van der Waals surface area contributed by atoms with Crippen molar-refractivity contribution >= 4 is 11.8 Å². The van der Waals surface area contributed by atoms with Crippen LogP contribution >= 0.6 is 0 Å². The van der Waals surface area contributed by atoms with Gasteiger partial charge >= 0.3 is 0 Å². The molecule has 0 radical (unpaired) electrons. The van der Waals surface area contributed by atoms with Gasteiger partial charge in [-0.25, -0.2) is 0 Å². The van der Waals surface area contributed by atoms with Crippen molar-refractivity contribution in [1.29, 1.82) is 5.26 Å². The molecule has 6 heteroatoms. The fourth-order valence-corrected chi connectivity index (χ4v) is 1.86. The fraction of sp³-hybridized carbons (Fsp3) is 0.571. The molecule has 0 unspecified atom stereocenters. The maximum atomic E-state index is 11.9. The van der Waals surface area contributed by atoms with E-state index in [4.69, 9.17) is 14.8 Å². The number of hydrogen-bond acceptors (Lipinski definition) is 5. The molecule has 20 heavy (non-hydrogen) atoms. The maximum Gasteiger partial charge on any atom is 0.240 e. The van der Waals surface area contributed by atoms with E-state index in [-0.39, 0.29) is 24.9 Å². The van der Waals surface area contributed by atoms with Crippen molar-refractivity contribution in [3.8, 4) is 6.07 Å². The molecule has 0 saturated carbocycles. The molecular formula is C14H21N3O3. The molecule has 0 aliphatic carbocycles. The molecule has 0 aliphatic heterocycles. The molecular weight excluding hydrogens is 258 g/mol. The van der Waals surface area contributed by atoms with Gasteiger partial charge in [-0.1, -0.05) is 6.92 Å². The van der Waals surface area contributed by atoms with E-state index in [1.54, 1.807) is 13.8 Å². The molecule has 0 aromatic carbocycles. The second-order valence-electron chi connectivity index (χ2n) is 4.59. The number of rotatable bonds is 7.